The van der Waals surface area contributed by atoms with Crippen molar-refractivity contribution in [3.05, 3.63) is 30.3 Å². The zero-order valence-electron chi connectivity index (χ0n) is 8.74. The lowest BCUT2D eigenvalue weighted by Gasteiger charge is -2.11. The summed E-state index contributed by atoms with van der Waals surface area (Å²) >= 11 is 0. The first kappa shape index (κ1) is 11.6. The fraction of sp³-hybridized carbons (Fsp3) is 0.455. The van der Waals surface area contributed by atoms with E-state index in [0.717, 1.165) is 12.8 Å². The molecule has 88 valence electrons. The first-order valence-electron chi connectivity index (χ1n) is 5.19. The molecule has 0 amide bonds. The van der Waals surface area contributed by atoms with Crippen LogP contribution in [-0.4, -0.2) is 31.7 Å². The van der Waals surface area contributed by atoms with Gasteiger partial charge < -0.3 is 9.84 Å². The Labute approximate surface area is 94.8 Å². The standard InChI is InChI=1S/C11H14O4S/c12-11(15-9-6-7-9)8-16(13,14)10-4-2-1-3-5-10/h1-5,9,11-12H,6-8H2. The maximum atomic E-state index is 11.8. The topological polar surface area (TPSA) is 63.6 Å². The Morgan fingerprint density at radius 1 is 1.31 bits per heavy atom. The highest BCUT2D eigenvalue weighted by Crippen LogP contribution is 2.25. The van der Waals surface area contributed by atoms with Gasteiger partial charge in [0.15, 0.2) is 16.1 Å². The van der Waals surface area contributed by atoms with Crippen molar-refractivity contribution in [2.24, 2.45) is 0 Å². The lowest BCUT2D eigenvalue weighted by atomic mass is 10.4. The van der Waals surface area contributed by atoms with Crippen LogP contribution in [0, 0.1) is 0 Å². The first-order chi connectivity index (χ1) is 7.58. The van der Waals surface area contributed by atoms with Crippen molar-refractivity contribution in [3.63, 3.8) is 0 Å². The second-order valence-electron chi connectivity index (χ2n) is 3.88. The van der Waals surface area contributed by atoms with Gasteiger partial charge in [0.25, 0.3) is 0 Å². The summed E-state index contributed by atoms with van der Waals surface area (Å²) in [6.07, 6.45) is 0.629. The van der Waals surface area contributed by atoms with E-state index < -0.39 is 16.1 Å². The molecule has 1 unspecified atom stereocenters. The molecule has 0 aromatic heterocycles. The summed E-state index contributed by atoms with van der Waals surface area (Å²) in [5.74, 6) is -0.381. The average molecular weight is 242 g/mol. The molecule has 1 aromatic rings. The van der Waals surface area contributed by atoms with Gasteiger partial charge in [-0.15, -0.1) is 0 Å². The summed E-state index contributed by atoms with van der Waals surface area (Å²) in [5.41, 5.74) is 0. The van der Waals surface area contributed by atoms with Crippen LogP contribution in [0.4, 0.5) is 0 Å². The minimum Gasteiger partial charge on any atom is -0.367 e. The largest absolute Gasteiger partial charge is 0.367 e. The van der Waals surface area contributed by atoms with Gasteiger partial charge in [-0.05, 0) is 25.0 Å². The third kappa shape index (κ3) is 3.04. The molecule has 2 rings (SSSR count). The molecule has 1 aliphatic carbocycles. The Morgan fingerprint density at radius 3 is 2.50 bits per heavy atom. The molecule has 16 heavy (non-hydrogen) atoms. The SMILES string of the molecule is O=S(=O)(CC(O)OC1CC1)c1ccccc1. The van der Waals surface area contributed by atoms with Crippen LogP contribution < -0.4 is 0 Å². The predicted octanol–water partition coefficient (Wildman–Crippen LogP) is 0.958. The van der Waals surface area contributed by atoms with Gasteiger partial charge in [0.2, 0.25) is 0 Å². The van der Waals surface area contributed by atoms with Crippen molar-refractivity contribution < 1.29 is 18.3 Å². The summed E-state index contributed by atoms with van der Waals surface area (Å²) in [7, 11) is -3.45. The lowest BCUT2D eigenvalue weighted by Crippen LogP contribution is -2.24. The summed E-state index contributed by atoms with van der Waals surface area (Å²) in [4.78, 5) is 0.216. The van der Waals surface area contributed by atoms with Gasteiger partial charge in [0.1, 0.15) is 5.75 Å². The van der Waals surface area contributed by atoms with Gasteiger partial charge in [0.05, 0.1) is 11.0 Å². The Kier molecular flexibility index (Phi) is 3.28. The van der Waals surface area contributed by atoms with E-state index in [9.17, 15) is 13.5 Å². The number of rotatable bonds is 5. The normalized spacial score (nSPS) is 18.3. The lowest BCUT2D eigenvalue weighted by molar-refractivity contribution is -0.0912. The zero-order chi connectivity index (χ0) is 11.6. The van der Waals surface area contributed by atoms with Gasteiger partial charge in [-0.25, -0.2) is 8.42 Å². The van der Waals surface area contributed by atoms with Crippen molar-refractivity contribution in [1.82, 2.24) is 0 Å². The number of sulfone groups is 1. The van der Waals surface area contributed by atoms with Crippen molar-refractivity contribution in [2.45, 2.75) is 30.1 Å². The molecule has 4 nitrogen and oxygen atoms in total. The number of aliphatic hydroxyl groups is 1. The number of ether oxygens (including phenoxy) is 1. The van der Waals surface area contributed by atoms with Crippen LogP contribution >= 0.6 is 0 Å². The highest BCUT2D eigenvalue weighted by molar-refractivity contribution is 7.91. The van der Waals surface area contributed by atoms with E-state index in [2.05, 4.69) is 0 Å². The second-order valence-corrected chi connectivity index (χ2v) is 5.92. The summed E-state index contributed by atoms with van der Waals surface area (Å²) in [6, 6.07) is 8.08. The predicted molar refractivity (Wildman–Crippen MR) is 58.6 cm³/mol. The molecule has 0 bridgehead atoms. The molecule has 1 atom stereocenters. The quantitative estimate of drug-likeness (QED) is 0.781. The fourth-order valence-corrected chi connectivity index (χ4v) is 2.60. The van der Waals surface area contributed by atoms with Crippen LogP contribution in [0.25, 0.3) is 0 Å². The van der Waals surface area contributed by atoms with E-state index >= 15 is 0 Å². The van der Waals surface area contributed by atoms with Crippen LogP contribution in [-0.2, 0) is 14.6 Å². The monoisotopic (exact) mass is 242 g/mol. The molecule has 0 heterocycles. The average Bonchev–Trinajstić information content (AvgIpc) is 3.02. The Hall–Kier alpha value is -0.910. The molecule has 0 saturated heterocycles. The summed E-state index contributed by atoms with van der Waals surface area (Å²) in [5, 5.41) is 9.46. The van der Waals surface area contributed by atoms with Gasteiger partial charge >= 0.3 is 0 Å². The molecule has 0 radical (unpaired) electrons. The number of aliphatic hydroxyl groups excluding tert-OH is 1. The highest BCUT2D eigenvalue weighted by atomic mass is 32.2. The zero-order valence-corrected chi connectivity index (χ0v) is 9.56. The highest BCUT2D eigenvalue weighted by Gasteiger charge is 2.28. The van der Waals surface area contributed by atoms with Crippen LogP contribution in [0.3, 0.4) is 0 Å². The Morgan fingerprint density at radius 2 is 1.94 bits per heavy atom. The third-order valence-electron chi connectivity index (χ3n) is 2.34. The van der Waals surface area contributed by atoms with E-state index in [1.807, 2.05) is 0 Å². The molecule has 1 N–H and O–H groups in total. The minimum atomic E-state index is -3.45. The van der Waals surface area contributed by atoms with Crippen molar-refractivity contribution in [3.8, 4) is 0 Å². The molecule has 1 saturated carbocycles. The van der Waals surface area contributed by atoms with Gasteiger partial charge in [-0.3, -0.25) is 0 Å². The molecule has 0 spiro atoms. The van der Waals surface area contributed by atoms with Gasteiger partial charge in [0, 0.05) is 0 Å². The van der Waals surface area contributed by atoms with Gasteiger partial charge in [-0.1, -0.05) is 18.2 Å². The molecule has 1 fully saturated rings. The molecular weight excluding hydrogens is 228 g/mol. The number of hydrogen-bond acceptors (Lipinski definition) is 4. The van der Waals surface area contributed by atoms with Crippen LogP contribution in [0.5, 0.6) is 0 Å². The van der Waals surface area contributed by atoms with Crippen LogP contribution in [0.15, 0.2) is 35.2 Å². The second kappa shape index (κ2) is 4.53. The van der Waals surface area contributed by atoms with E-state index in [1.54, 1.807) is 18.2 Å². The smallest absolute Gasteiger partial charge is 0.183 e. The van der Waals surface area contributed by atoms with E-state index in [0.29, 0.717) is 0 Å². The van der Waals surface area contributed by atoms with Crippen molar-refractivity contribution >= 4 is 9.84 Å². The van der Waals surface area contributed by atoms with Crippen molar-refractivity contribution in [2.75, 3.05) is 5.75 Å². The maximum absolute atomic E-state index is 11.8. The third-order valence-corrected chi connectivity index (χ3v) is 4.05. The first-order valence-corrected chi connectivity index (χ1v) is 6.84. The van der Waals surface area contributed by atoms with Crippen molar-refractivity contribution in [1.29, 1.82) is 0 Å². The number of hydrogen-bond donors (Lipinski definition) is 1. The summed E-state index contributed by atoms with van der Waals surface area (Å²) < 4.78 is 28.7. The van der Waals surface area contributed by atoms with Gasteiger partial charge in [-0.2, -0.15) is 0 Å². The van der Waals surface area contributed by atoms with E-state index in [1.165, 1.54) is 12.1 Å². The molecule has 1 aromatic carbocycles. The maximum Gasteiger partial charge on any atom is 0.183 e. The molecule has 5 heteroatoms. The Balaban J connectivity index is 2.02. The summed E-state index contributed by atoms with van der Waals surface area (Å²) in [6.45, 7) is 0. The van der Waals surface area contributed by atoms with Crippen LogP contribution in [0.2, 0.25) is 0 Å². The molecule has 1 aliphatic rings. The molecule has 0 aliphatic heterocycles. The fourth-order valence-electron chi connectivity index (χ4n) is 1.38. The van der Waals surface area contributed by atoms with E-state index in [-0.39, 0.29) is 16.8 Å². The Bertz CT molecular complexity index is 436. The minimum absolute atomic E-state index is 0.0426. The van der Waals surface area contributed by atoms with E-state index in [4.69, 9.17) is 4.74 Å². The number of benzene rings is 1. The molecular formula is C11H14O4S. The van der Waals surface area contributed by atoms with Crippen LogP contribution in [0.1, 0.15) is 12.8 Å².